The Kier molecular flexibility index (Phi) is 8.35. The van der Waals surface area contributed by atoms with Crippen molar-refractivity contribution < 1.29 is 22.3 Å². The summed E-state index contributed by atoms with van der Waals surface area (Å²) in [4.78, 5) is 18.0. The van der Waals surface area contributed by atoms with E-state index < -0.39 is 17.6 Å². The van der Waals surface area contributed by atoms with E-state index in [0.717, 1.165) is 18.2 Å². The Morgan fingerprint density at radius 3 is 2.39 bits per heavy atom. The van der Waals surface area contributed by atoms with E-state index in [0.29, 0.717) is 42.7 Å². The molecule has 0 spiro atoms. The molecule has 0 aliphatic heterocycles. The van der Waals surface area contributed by atoms with Crippen molar-refractivity contribution in [3.05, 3.63) is 65.3 Å². The lowest BCUT2D eigenvalue weighted by molar-refractivity contribution is -0.137. The molecular formula is C27H30F4N6O. The van der Waals surface area contributed by atoms with Crippen LogP contribution in [-0.4, -0.2) is 43.4 Å². The summed E-state index contributed by atoms with van der Waals surface area (Å²) in [7, 11) is 1.59. The monoisotopic (exact) mass is 530 g/mol. The number of aromatic nitrogens is 6. The summed E-state index contributed by atoms with van der Waals surface area (Å²) in [6.07, 6.45) is 3.21. The van der Waals surface area contributed by atoms with Crippen LogP contribution in [0.5, 0.6) is 0 Å². The minimum atomic E-state index is -4.64. The molecule has 0 N–H and O–H groups in total. The van der Waals surface area contributed by atoms with Crippen LogP contribution in [0, 0.1) is 19.7 Å². The summed E-state index contributed by atoms with van der Waals surface area (Å²) in [5.41, 5.74) is 0.806. The Morgan fingerprint density at radius 1 is 1.08 bits per heavy atom. The standard InChI is InChI=1S/C21H22F4N4O.C6H8N2/c1-5-13(8-9-30-4)19-28-17(18-20(29-19)27-12(3)11(2)26-18)15-7-6-14(10-16(15)22)21(23,24)25;1-4-7-8(5-1)6-2-3-6/h6-7,10,13H,5,8-9H2,1-4H3;1,4-6H,2-3H2. The van der Waals surface area contributed by atoms with E-state index in [4.69, 9.17) is 4.74 Å². The number of methoxy groups -OCH3 is 1. The van der Waals surface area contributed by atoms with Gasteiger partial charge in [0, 0.05) is 37.6 Å². The van der Waals surface area contributed by atoms with Gasteiger partial charge >= 0.3 is 6.18 Å². The number of rotatable bonds is 7. The zero-order valence-electron chi connectivity index (χ0n) is 21.8. The molecule has 3 heterocycles. The first-order valence-electron chi connectivity index (χ1n) is 12.5. The van der Waals surface area contributed by atoms with Gasteiger partial charge in [-0.3, -0.25) is 4.68 Å². The van der Waals surface area contributed by atoms with Gasteiger partial charge in [0.25, 0.3) is 0 Å². The van der Waals surface area contributed by atoms with Gasteiger partial charge in [-0.2, -0.15) is 18.3 Å². The Labute approximate surface area is 218 Å². The number of aryl methyl sites for hydroxylation is 2. The minimum absolute atomic E-state index is 0.0733. The lowest BCUT2D eigenvalue weighted by Crippen LogP contribution is -2.11. The highest BCUT2D eigenvalue weighted by atomic mass is 19.4. The highest BCUT2D eigenvalue weighted by molar-refractivity contribution is 5.87. The first-order valence-corrected chi connectivity index (χ1v) is 12.5. The van der Waals surface area contributed by atoms with Crippen LogP contribution in [0.2, 0.25) is 0 Å². The summed E-state index contributed by atoms with van der Waals surface area (Å²) in [6, 6.07) is 5.10. The third-order valence-corrected chi connectivity index (χ3v) is 6.49. The molecule has 202 valence electrons. The average Bonchev–Trinajstić information content (AvgIpc) is 3.58. The molecule has 1 saturated carbocycles. The van der Waals surface area contributed by atoms with Crippen LogP contribution < -0.4 is 0 Å². The van der Waals surface area contributed by atoms with Crippen LogP contribution in [0.4, 0.5) is 17.6 Å². The maximum atomic E-state index is 14.8. The third-order valence-electron chi connectivity index (χ3n) is 6.49. The van der Waals surface area contributed by atoms with Crippen molar-refractivity contribution in [2.75, 3.05) is 13.7 Å². The molecule has 0 saturated heterocycles. The van der Waals surface area contributed by atoms with Gasteiger partial charge in [0.2, 0.25) is 0 Å². The SMILES string of the molecule is CCC(CCOC)c1nc(-c2ccc(C(F)(F)F)cc2F)c2nc(C)c(C)nc2n1.c1cnn(C2CC2)c1. The second-order valence-electron chi connectivity index (χ2n) is 9.29. The van der Waals surface area contributed by atoms with E-state index in [1.807, 2.05) is 30.1 Å². The van der Waals surface area contributed by atoms with E-state index in [-0.39, 0.29) is 28.3 Å². The smallest absolute Gasteiger partial charge is 0.385 e. The normalized spacial score (nSPS) is 14.3. The summed E-state index contributed by atoms with van der Waals surface area (Å²) >= 11 is 0. The summed E-state index contributed by atoms with van der Waals surface area (Å²) in [5.74, 6) is -0.663. The van der Waals surface area contributed by atoms with Crippen molar-refractivity contribution in [3.8, 4) is 11.3 Å². The Morgan fingerprint density at radius 2 is 1.82 bits per heavy atom. The molecular weight excluding hydrogens is 500 g/mol. The molecule has 4 aromatic rings. The maximum Gasteiger partial charge on any atom is 0.416 e. The molecule has 3 aromatic heterocycles. The summed E-state index contributed by atoms with van der Waals surface area (Å²) in [5, 5.41) is 4.09. The van der Waals surface area contributed by atoms with Crippen molar-refractivity contribution in [3.63, 3.8) is 0 Å². The van der Waals surface area contributed by atoms with Gasteiger partial charge in [0.05, 0.1) is 23.0 Å². The number of benzene rings is 1. The molecule has 1 aliphatic carbocycles. The van der Waals surface area contributed by atoms with Crippen LogP contribution in [0.15, 0.2) is 36.7 Å². The fraction of sp³-hybridized carbons (Fsp3) is 0.444. The molecule has 7 nitrogen and oxygen atoms in total. The number of halogens is 4. The molecule has 5 rings (SSSR count). The molecule has 1 aliphatic rings. The van der Waals surface area contributed by atoms with Gasteiger partial charge in [-0.25, -0.2) is 24.3 Å². The minimum Gasteiger partial charge on any atom is -0.385 e. The van der Waals surface area contributed by atoms with Crippen LogP contribution >= 0.6 is 0 Å². The highest BCUT2D eigenvalue weighted by Crippen LogP contribution is 2.35. The Bertz CT molecular complexity index is 1390. The fourth-order valence-electron chi connectivity index (χ4n) is 3.99. The molecule has 0 radical (unpaired) electrons. The third kappa shape index (κ3) is 6.32. The van der Waals surface area contributed by atoms with Crippen molar-refractivity contribution in [2.24, 2.45) is 0 Å². The van der Waals surface area contributed by atoms with Crippen molar-refractivity contribution >= 4 is 11.2 Å². The number of hydrogen-bond acceptors (Lipinski definition) is 6. The van der Waals surface area contributed by atoms with Gasteiger partial charge in [0.15, 0.2) is 5.65 Å². The predicted octanol–water partition coefficient (Wildman–Crippen LogP) is 6.61. The largest absolute Gasteiger partial charge is 0.416 e. The van der Waals surface area contributed by atoms with Crippen molar-refractivity contribution in [1.29, 1.82) is 0 Å². The average molecular weight is 531 g/mol. The molecule has 38 heavy (non-hydrogen) atoms. The molecule has 0 bridgehead atoms. The second-order valence-corrected chi connectivity index (χ2v) is 9.29. The van der Waals surface area contributed by atoms with Gasteiger partial charge in [-0.05, 0) is 63.8 Å². The Hall–Kier alpha value is -3.47. The lowest BCUT2D eigenvalue weighted by Gasteiger charge is -2.16. The quantitative estimate of drug-likeness (QED) is 0.250. The van der Waals surface area contributed by atoms with Crippen LogP contribution in [-0.2, 0) is 10.9 Å². The van der Waals surface area contributed by atoms with E-state index in [1.54, 1.807) is 21.0 Å². The molecule has 1 aromatic carbocycles. The van der Waals surface area contributed by atoms with Gasteiger partial charge < -0.3 is 4.74 Å². The number of nitrogens with zero attached hydrogens (tertiary/aromatic N) is 6. The Balaban J connectivity index is 0.000000353. The predicted molar refractivity (Wildman–Crippen MR) is 135 cm³/mol. The van der Waals surface area contributed by atoms with Crippen LogP contribution in [0.25, 0.3) is 22.4 Å². The molecule has 1 atom stereocenters. The first kappa shape index (κ1) is 27.6. The maximum absolute atomic E-state index is 14.8. The van der Waals surface area contributed by atoms with Gasteiger partial charge in [-0.15, -0.1) is 0 Å². The summed E-state index contributed by atoms with van der Waals surface area (Å²) in [6.45, 7) is 5.99. The number of ether oxygens (including phenoxy) is 1. The zero-order chi connectivity index (χ0) is 27.4. The summed E-state index contributed by atoms with van der Waals surface area (Å²) < 4.78 is 60.8. The van der Waals surface area contributed by atoms with Crippen molar-refractivity contribution in [2.45, 2.75) is 64.6 Å². The van der Waals surface area contributed by atoms with E-state index >= 15 is 0 Å². The zero-order valence-corrected chi connectivity index (χ0v) is 21.8. The van der Waals surface area contributed by atoms with Crippen molar-refractivity contribution in [1.82, 2.24) is 29.7 Å². The van der Waals surface area contributed by atoms with Gasteiger partial charge in [-0.1, -0.05) is 6.92 Å². The van der Waals surface area contributed by atoms with E-state index in [2.05, 4.69) is 25.0 Å². The van der Waals surface area contributed by atoms with E-state index in [1.165, 1.54) is 12.8 Å². The topological polar surface area (TPSA) is 78.6 Å². The van der Waals surface area contributed by atoms with Crippen LogP contribution in [0.1, 0.15) is 67.3 Å². The number of alkyl halides is 3. The first-order chi connectivity index (χ1) is 18.1. The van der Waals surface area contributed by atoms with Gasteiger partial charge in [0.1, 0.15) is 22.9 Å². The lowest BCUT2D eigenvalue weighted by atomic mass is 10.0. The fourth-order valence-corrected chi connectivity index (χ4v) is 3.99. The highest BCUT2D eigenvalue weighted by Gasteiger charge is 2.32. The molecule has 1 unspecified atom stereocenters. The molecule has 1 fully saturated rings. The molecule has 11 heteroatoms. The van der Waals surface area contributed by atoms with E-state index in [9.17, 15) is 17.6 Å². The van der Waals surface area contributed by atoms with Crippen LogP contribution in [0.3, 0.4) is 0 Å². The number of fused-ring (bicyclic) bond motifs is 1. The second kappa shape index (κ2) is 11.5. The number of hydrogen-bond donors (Lipinski definition) is 0. The molecule has 0 amide bonds.